The molecule has 0 saturated heterocycles. The van der Waals surface area contributed by atoms with E-state index in [4.69, 9.17) is 4.42 Å². The molecule has 2 aromatic rings. The van der Waals surface area contributed by atoms with Gasteiger partial charge < -0.3 is 4.42 Å². The van der Waals surface area contributed by atoms with Gasteiger partial charge in [0.05, 0.1) is 5.56 Å². The van der Waals surface area contributed by atoms with Crippen molar-refractivity contribution in [2.45, 2.75) is 6.18 Å². The van der Waals surface area contributed by atoms with Gasteiger partial charge >= 0.3 is 6.18 Å². The molecule has 17 heavy (non-hydrogen) atoms. The molecule has 0 unspecified atom stereocenters. The van der Waals surface area contributed by atoms with Gasteiger partial charge in [0.15, 0.2) is 0 Å². The maximum atomic E-state index is 13.0. The van der Waals surface area contributed by atoms with Crippen LogP contribution in [0, 0.1) is 5.82 Å². The van der Waals surface area contributed by atoms with Gasteiger partial charge in [0.1, 0.15) is 5.82 Å². The van der Waals surface area contributed by atoms with Gasteiger partial charge in [0.2, 0.25) is 5.89 Å². The van der Waals surface area contributed by atoms with Gasteiger partial charge in [0.25, 0.3) is 4.80 Å². The van der Waals surface area contributed by atoms with Crippen LogP contribution in [-0.4, -0.2) is 10.2 Å². The summed E-state index contributed by atoms with van der Waals surface area (Å²) in [7, 11) is 0. The highest BCUT2D eigenvalue weighted by Crippen LogP contribution is 2.34. The van der Waals surface area contributed by atoms with E-state index in [1.165, 1.54) is 0 Å². The minimum absolute atomic E-state index is 0.00285. The monoisotopic (exact) mass is 310 g/mol. The first-order valence-electron chi connectivity index (χ1n) is 4.24. The topological polar surface area (TPSA) is 38.9 Å². The van der Waals surface area contributed by atoms with Crippen LogP contribution in [0.1, 0.15) is 5.56 Å². The molecule has 2 rings (SSSR count). The number of halogens is 5. The molecular formula is C9H3BrF4N2O. The van der Waals surface area contributed by atoms with Crippen LogP contribution in [0.5, 0.6) is 0 Å². The Morgan fingerprint density at radius 1 is 1.18 bits per heavy atom. The molecule has 90 valence electrons. The molecule has 0 bridgehead atoms. The third kappa shape index (κ3) is 2.46. The third-order valence-corrected chi connectivity index (χ3v) is 2.24. The molecule has 0 radical (unpaired) electrons. The largest absolute Gasteiger partial charge is 0.419 e. The van der Waals surface area contributed by atoms with E-state index < -0.39 is 17.6 Å². The highest BCUT2D eigenvalue weighted by Gasteiger charge is 2.34. The molecule has 0 N–H and O–H groups in total. The fraction of sp³-hybridized carbons (Fsp3) is 0.111. The summed E-state index contributed by atoms with van der Waals surface area (Å²) in [5, 5.41) is 6.92. The van der Waals surface area contributed by atoms with Gasteiger partial charge in [-0.3, -0.25) is 0 Å². The molecule has 0 saturated carbocycles. The number of alkyl halides is 3. The van der Waals surface area contributed by atoms with Crippen molar-refractivity contribution < 1.29 is 22.0 Å². The Morgan fingerprint density at radius 3 is 2.41 bits per heavy atom. The summed E-state index contributed by atoms with van der Waals surface area (Å²) in [6.07, 6.45) is -4.77. The molecule has 0 spiro atoms. The molecular weight excluding hydrogens is 308 g/mol. The average molecular weight is 311 g/mol. The van der Waals surface area contributed by atoms with E-state index in [0.717, 1.165) is 6.07 Å². The molecule has 8 heteroatoms. The van der Waals surface area contributed by atoms with E-state index >= 15 is 0 Å². The summed E-state index contributed by atoms with van der Waals surface area (Å²) < 4.78 is 55.2. The minimum atomic E-state index is -4.77. The Morgan fingerprint density at radius 2 is 1.88 bits per heavy atom. The molecule has 0 atom stereocenters. The van der Waals surface area contributed by atoms with Gasteiger partial charge in [-0.15, -0.1) is 10.2 Å². The minimum Gasteiger partial charge on any atom is -0.411 e. The van der Waals surface area contributed by atoms with Gasteiger partial charge in [-0.25, -0.2) is 4.39 Å². The Hall–Kier alpha value is -1.44. The van der Waals surface area contributed by atoms with Crippen molar-refractivity contribution in [3.8, 4) is 11.5 Å². The van der Waals surface area contributed by atoms with Crippen LogP contribution in [0.3, 0.4) is 0 Å². The number of rotatable bonds is 1. The van der Waals surface area contributed by atoms with E-state index in [1.807, 2.05) is 0 Å². The fourth-order valence-corrected chi connectivity index (χ4v) is 1.43. The molecule has 1 aromatic carbocycles. The summed E-state index contributed by atoms with van der Waals surface area (Å²) >= 11 is 2.87. The lowest BCUT2D eigenvalue weighted by molar-refractivity contribution is -0.139. The van der Waals surface area contributed by atoms with Crippen molar-refractivity contribution in [2.75, 3.05) is 0 Å². The van der Waals surface area contributed by atoms with Crippen molar-refractivity contribution in [1.29, 1.82) is 0 Å². The molecule has 0 fully saturated rings. The van der Waals surface area contributed by atoms with Crippen LogP contribution in [-0.2, 0) is 6.18 Å². The van der Waals surface area contributed by atoms with Crippen molar-refractivity contribution in [1.82, 2.24) is 10.2 Å². The second-order valence-corrected chi connectivity index (χ2v) is 3.73. The number of hydrogen-bond donors (Lipinski definition) is 0. The predicted molar refractivity (Wildman–Crippen MR) is 52.4 cm³/mol. The molecule has 1 heterocycles. The van der Waals surface area contributed by atoms with Crippen molar-refractivity contribution in [3.05, 3.63) is 34.4 Å². The Labute approximate surface area is 101 Å². The Bertz CT molecular complexity index is 552. The van der Waals surface area contributed by atoms with Crippen molar-refractivity contribution >= 4 is 15.9 Å². The van der Waals surface area contributed by atoms with E-state index in [0.29, 0.717) is 12.1 Å². The van der Waals surface area contributed by atoms with Crippen LogP contribution >= 0.6 is 15.9 Å². The lowest BCUT2D eigenvalue weighted by Gasteiger charge is -2.08. The van der Waals surface area contributed by atoms with Crippen LogP contribution < -0.4 is 0 Å². The highest BCUT2D eigenvalue weighted by molar-refractivity contribution is 9.10. The SMILES string of the molecule is Fc1ccc(-c2nnc(Br)o2)cc1C(F)(F)F. The van der Waals surface area contributed by atoms with E-state index in [-0.39, 0.29) is 16.3 Å². The molecule has 0 amide bonds. The molecule has 0 aliphatic rings. The first kappa shape index (κ1) is 12.0. The standard InChI is InChI=1S/C9H3BrF4N2O/c10-8-16-15-7(17-8)4-1-2-6(11)5(3-4)9(12,13)14/h1-3H. The first-order chi connectivity index (χ1) is 7.88. The quantitative estimate of drug-likeness (QED) is 0.755. The number of nitrogens with zero attached hydrogens (tertiary/aromatic N) is 2. The van der Waals surface area contributed by atoms with Crippen LogP contribution in [0.4, 0.5) is 17.6 Å². The second kappa shape index (κ2) is 4.10. The van der Waals surface area contributed by atoms with Crippen LogP contribution in [0.25, 0.3) is 11.5 Å². The third-order valence-electron chi connectivity index (χ3n) is 1.92. The van der Waals surface area contributed by atoms with Crippen LogP contribution in [0.2, 0.25) is 0 Å². The Kier molecular flexibility index (Phi) is 2.90. The molecule has 0 aliphatic heterocycles. The molecule has 3 nitrogen and oxygen atoms in total. The molecule has 1 aromatic heterocycles. The highest BCUT2D eigenvalue weighted by atomic mass is 79.9. The summed E-state index contributed by atoms with van der Waals surface area (Å²) in [5.41, 5.74) is -1.37. The van der Waals surface area contributed by atoms with Crippen molar-refractivity contribution in [3.63, 3.8) is 0 Å². The number of benzene rings is 1. The zero-order valence-electron chi connectivity index (χ0n) is 7.92. The second-order valence-electron chi connectivity index (χ2n) is 3.05. The predicted octanol–water partition coefficient (Wildman–Crippen LogP) is 3.66. The van der Waals surface area contributed by atoms with E-state index in [2.05, 4.69) is 26.1 Å². The van der Waals surface area contributed by atoms with Gasteiger partial charge in [-0.05, 0) is 18.2 Å². The normalized spacial score (nSPS) is 11.8. The lowest BCUT2D eigenvalue weighted by Crippen LogP contribution is -2.08. The maximum absolute atomic E-state index is 13.0. The lowest BCUT2D eigenvalue weighted by atomic mass is 10.1. The van der Waals surface area contributed by atoms with Gasteiger partial charge in [0, 0.05) is 21.5 Å². The van der Waals surface area contributed by atoms with Gasteiger partial charge in [-0.1, -0.05) is 0 Å². The van der Waals surface area contributed by atoms with E-state index in [9.17, 15) is 17.6 Å². The summed E-state index contributed by atoms with van der Waals surface area (Å²) in [6.45, 7) is 0. The summed E-state index contributed by atoms with van der Waals surface area (Å²) in [4.78, 5) is 0.0328. The maximum Gasteiger partial charge on any atom is 0.419 e. The molecule has 0 aliphatic carbocycles. The fourth-order valence-electron chi connectivity index (χ4n) is 1.20. The summed E-state index contributed by atoms with van der Waals surface area (Å²) in [6, 6.07) is 2.45. The Balaban J connectivity index is 2.51. The van der Waals surface area contributed by atoms with Gasteiger partial charge in [-0.2, -0.15) is 13.2 Å². The zero-order valence-corrected chi connectivity index (χ0v) is 9.51. The van der Waals surface area contributed by atoms with E-state index in [1.54, 1.807) is 0 Å². The van der Waals surface area contributed by atoms with Crippen LogP contribution in [0.15, 0.2) is 27.4 Å². The first-order valence-corrected chi connectivity index (χ1v) is 5.03. The zero-order chi connectivity index (χ0) is 12.6. The average Bonchev–Trinajstić information content (AvgIpc) is 2.64. The van der Waals surface area contributed by atoms with Crippen molar-refractivity contribution in [2.24, 2.45) is 0 Å². The summed E-state index contributed by atoms with van der Waals surface area (Å²) in [5.74, 6) is -1.47. The smallest absolute Gasteiger partial charge is 0.411 e. The number of hydrogen-bond acceptors (Lipinski definition) is 3. The number of aromatic nitrogens is 2.